The van der Waals surface area contributed by atoms with Gasteiger partial charge in [0.05, 0.1) is 0 Å². The average molecular weight is 347 g/mol. The number of hydrogen-bond donors (Lipinski definition) is 0. The minimum Gasteiger partial charge on any atom is -0.449 e. The van der Waals surface area contributed by atoms with Gasteiger partial charge in [-0.3, -0.25) is 0 Å². The number of rotatable bonds is 3. The maximum Gasteiger partial charge on any atom is 0.331 e. The van der Waals surface area contributed by atoms with Crippen LogP contribution in [0.5, 0.6) is 0 Å². The van der Waals surface area contributed by atoms with Gasteiger partial charge in [0.2, 0.25) is 0 Å². The topological polar surface area (TPSA) is 26.3 Å². The molecule has 0 aliphatic heterocycles. The van der Waals surface area contributed by atoms with E-state index in [1.54, 1.807) is 12.1 Å². The highest BCUT2D eigenvalue weighted by molar-refractivity contribution is 6.32. The molecule has 0 N–H and O–H groups in total. The fraction of sp³-hybridized carbons (Fsp3) is 0.0455. The van der Waals surface area contributed by atoms with Crippen LogP contribution in [0.4, 0.5) is 0 Å². The largest absolute Gasteiger partial charge is 0.449 e. The van der Waals surface area contributed by atoms with Crippen molar-refractivity contribution in [1.82, 2.24) is 0 Å². The van der Waals surface area contributed by atoms with Gasteiger partial charge in [-0.05, 0) is 28.8 Å². The van der Waals surface area contributed by atoms with E-state index in [0.717, 1.165) is 27.8 Å². The van der Waals surface area contributed by atoms with E-state index in [2.05, 4.69) is 12.1 Å². The molecule has 1 aliphatic carbocycles. The predicted octanol–water partition coefficient (Wildman–Crippen LogP) is 5.67. The SMILES string of the molecule is O=C(/C=C/c1ccccc1Cl)OC1c2ccccc2-c2ccccc21. The number of carbonyl (C=O) groups is 1. The molecule has 0 unspecified atom stereocenters. The molecule has 25 heavy (non-hydrogen) atoms. The Kier molecular flexibility index (Phi) is 4.12. The monoisotopic (exact) mass is 346 g/mol. The average Bonchev–Trinajstić information content (AvgIpc) is 2.96. The molecule has 3 heteroatoms. The first-order valence-electron chi connectivity index (χ1n) is 8.05. The Morgan fingerprint density at radius 3 is 2.04 bits per heavy atom. The second-order valence-corrected chi connectivity index (χ2v) is 6.25. The number of halogens is 1. The maximum atomic E-state index is 12.4. The molecule has 3 aromatic rings. The summed E-state index contributed by atoms with van der Waals surface area (Å²) in [5, 5.41) is 0.600. The number of carbonyl (C=O) groups excluding carboxylic acids is 1. The first-order valence-corrected chi connectivity index (χ1v) is 8.43. The van der Waals surface area contributed by atoms with E-state index in [9.17, 15) is 4.79 Å². The second kappa shape index (κ2) is 6.58. The predicted molar refractivity (Wildman–Crippen MR) is 100 cm³/mol. The van der Waals surface area contributed by atoms with Gasteiger partial charge in [-0.15, -0.1) is 0 Å². The quantitative estimate of drug-likeness (QED) is 0.451. The Bertz CT molecular complexity index is 930. The van der Waals surface area contributed by atoms with Gasteiger partial charge in [-0.2, -0.15) is 0 Å². The third kappa shape index (κ3) is 2.97. The summed E-state index contributed by atoms with van der Waals surface area (Å²) in [6.07, 6.45) is 2.72. The number of ether oxygens (including phenoxy) is 1. The van der Waals surface area contributed by atoms with Gasteiger partial charge < -0.3 is 4.74 Å². The standard InChI is InChI=1S/C22H15ClO2/c23-20-12-6-1-7-15(20)13-14-21(24)25-22-18-10-4-2-8-16(18)17-9-3-5-11-19(17)22/h1-14,22H/b14-13+. The van der Waals surface area contributed by atoms with Crippen LogP contribution in [-0.4, -0.2) is 5.97 Å². The molecule has 0 saturated heterocycles. The highest BCUT2D eigenvalue weighted by Gasteiger charge is 2.30. The van der Waals surface area contributed by atoms with Crippen LogP contribution in [0.25, 0.3) is 17.2 Å². The van der Waals surface area contributed by atoms with Crippen LogP contribution >= 0.6 is 11.6 Å². The first-order chi connectivity index (χ1) is 12.2. The Labute approximate surface area is 151 Å². The Morgan fingerprint density at radius 2 is 1.40 bits per heavy atom. The highest BCUT2D eigenvalue weighted by Crippen LogP contribution is 2.45. The van der Waals surface area contributed by atoms with Crippen molar-refractivity contribution in [3.63, 3.8) is 0 Å². The molecule has 0 radical (unpaired) electrons. The fourth-order valence-electron chi connectivity index (χ4n) is 3.16. The smallest absolute Gasteiger partial charge is 0.331 e. The lowest BCUT2D eigenvalue weighted by atomic mass is 10.1. The summed E-state index contributed by atoms with van der Waals surface area (Å²) in [4.78, 5) is 12.4. The van der Waals surface area contributed by atoms with Gasteiger partial charge in [0.1, 0.15) is 0 Å². The molecule has 4 rings (SSSR count). The number of benzene rings is 3. The van der Waals surface area contributed by atoms with Gasteiger partial charge >= 0.3 is 5.97 Å². The molecule has 0 amide bonds. The molecule has 0 saturated carbocycles. The van der Waals surface area contributed by atoms with Crippen molar-refractivity contribution < 1.29 is 9.53 Å². The summed E-state index contributed by atoms with van der Waals surface area (Å²) in [6.45, 7) is 0. The second-order valence-electron chi connectivity index (χ2n) is 5.85. The summed E-state index contributed by atoms with van der Waals surface area (Å²) in [7, 11) is 0. The molecule has 0 heterocycles. The van der Waals surface area contributed by atoms with Crippen molar-refractivity contribution in [2.75, 3.05) is 0 Å². The Morgan fingerprint density at radius 1 is 0.840 bits per heavy atom. The molecule has 0 atom stereocenters. The van der Waals surface area contributed by atoms with Crippen molar-refractivity contribution in [2.24, 2.45) is 0 Å². The van der Waals surface area contributed by atoms with Crippen LogP contribution in [0.1, 0.15) is 22.8 Å². The van der Waals surface area contributed by atoms with Crippen LogP contribution < -0.4 is 0 Å². The van der Waals surface area contributed by atoms with Crippen LogP contribution in [0.15, 0.2) is 78.9 Å². The van der Waals surface area contributed by atoms with Gasteiger partial charge in [0, 0.05) is 22.2 Å². The summed E-state index contributed by atoms with van der Waals surface area (Å²) < 4.78 is 5.76. The van der Waals surface area contributed by atoms with Gasteiger partial charge in [0.15, 0.2) is 6.10 Å². The van der Waals surface area contributed by atoms with Crippen molar-refractivity contribution >= 4 is 23.6 Å². The van der Waals surface area contributed by atoms with Crippen LogP contribution in [0.2, 0.25) is 5.02 Å². The molecular formula is C22H15ClO2. The van der Waals surface area contributed by atoms with E-state index < -0.39 is 5.97 Å². The fourth-order valence-corrected chi connectivity index (χ4v) is 3.36. The summed E-state index contributed by atoms with van der Waals surface area (Å²) in [5.41, 5.74) is 5.05. The lowest BCUT2D eigenvalue weighted by Crippen LogP contribution is -2.08. The zero-order valence-corrected chi connectivity index (χ0v) is 14.1. The summed E-state index contributed by atoms with van der Waals surface area (Å²) in [6, 6.07) is 23.4. The number of fused-ring (bicyclic) bond motifs is 3. The third-order valence-electron chi connectivity index (χ3n) is 4.31. The molecule has 3 aromatic carbocycles. The Hall–Kier alpha value is -2.84. The summed E-state index contributed by atoms with van der Waals surface area (Å²) >= 11 is 6.11. The van der Waals surface area contributed by atoms with Crippen LogP contribution in [0.3, 0.4) is 0 Å². The molecule has 0 fully saturated rings. The molecule has 0 bridgehead atoms. The molecule has 0 aromatic heterocycles. The molecule has 2 nitrogen and oxygen atoms in total. The molecule has 1 aliphatic rings. The lowest BCUT2D eigenvalue weighted by Gasteiger charge is -2.13. The van der Waals surface area contributed by atoms with E-state index in [1.165, 1.54) is 6.08 Å². The molecular weight excluding hydrogens is 332 g/mol. The molecule has 122 valence electrons. The van der Waals surface area contributed by atoms with Crippen molar-refractivity contribution in [2.45, 2.75) is 6.10 Å². The van der Waals surface area contributed by atoms with Gasteiger partial charge in [0.25, 0.3) is 0 Å². The summed E-state index contributed by atoms with van der Waals surface area (Å²) in [5.74, 6) is -0.392. The maximum absolute atomic E-state index is 12.4. The first kappa shape index (κ1) is 15.7. The van der Waals surface area contributed by atoms with Crippen LogP contribution in [0, 0.1) is 0 Å². The minimum absolute atomic E-state index is 0.379. The highest BCUT2D eigenvalue weighted by atomic mass is 35.5. The van der Waals surface area contributed by atoms with E-state index in [0.29, 0.717) is 5.02 Å². The van der Waals surface area contributed by atoms with E-state index >= 15 is 0 Å². The van der Waals surface area contributed by atoms with Crippen molar-refractivity contribution in [3.8, 4) is 11.1 Å². The Balaban J connectivity index is 1.61. The van der Waals surface area contributed by atoms with E-state index in [-0.39, 0.29) is 6.10 Å². The lowest BCUT2D eigenvalue weighted by molar-refractivity contribution is -0.141. The third-order valence-corrected chi connectivity index (χ3v) is 4.66. The zero-order chi connectivity index (χ0) is 17.2. The minimum atomic E-state index is -0.392. The van der Waals surface area contributed by atoms with Gasteiger partial charge in [-0.1, -0.05) is 78.3 Å². The number of hydrogen-bond acceptors (Lipinski definition) is 2. The normalized spacial score (nSPS) is 12.8. The molecule has 0 spiro atoms. The zero-order valence-electron chi connectivity index (χ0n) is 13.4. The van der Waals surface area contributed by atoms with Crippen molar-refractivity contribution in [3.05, 3.63) is 101 Å². The number of esters is 1. The van der Waals surface area contributed by atoms with Crippen LogP contribution in [-0.2, 0) is 9.53 Å². The van der Waals surface area contributed by atoms with Gasteiger partial charge in [-0.25, -0.2) is 4.79 Å². The van der Waals surface area contributed by atoms with Crippen molar-refractivity contribution in [1.29, 1.82) is 0 Å². The van der Waals surface area contributed by atoms with E-state index in [1.807, 2.05) is 54.6 Å². The van der Waals surface area contributed by atoms with E-state index in [4.69, 9.17) is 16.3 Å².